The van der Waals surface area contributed by atoms with Crippen LogP contribution in [0.3, 0.4) is 0 Å². The molecule has 0 aliphatic carbocycles. The van der Waals surface area contributed by atoms with Gasteiger partial charge in [0.15, 0.2) is 0 Å². The number of piperazine rings is 1. The van der Waals surface area contributed by atoms with E-state index in [4.69, 9.17) is 9.47 Å². The van der Waals surface area contributed by atoms with Crippen molar-refractivity contribution in [2.45, 2.75) is 19.5 Å². The molecule has 8 nitrogen and oxygen atoms in total. The topological polar surface area (TPSA) is 86.9 Å². The molecule has 1 fully saturated rings. The van der Waals surface area contributed by atoms with Crippen molar-refractivity contribution in [2.24, 2.45) is 0 Å². The first-order valence-corrected chi connectivity index (χ1v) is 12.0. The zero-order chi connectivity index (χ0) is 26.6. The van der Waals surface area contributed by atoms with E-state index in [0.717, 1.165) is 6.07 Å². The van der Waals surface area contributed by atoms with E-state index in [1.807, 2.05) is 4.90 Å². The first-order chi connectivity index (χ1) is 17.7. The molecule has 4 rings (SSSR count). The van der Waals surface area contributed by atoms with Gasteiger partial charge in [-0.2, -0.15) is 13.2 Å². The van der Waals surface area contributed by atoms with Crippen molar-refractivity contribution < 1.29 is 32.2 Å². The molecule has 0 bridgehead atoms. The lowest BCUT2D eigenvalue weighted by atomic mass is 10.1. The predicted molar refractivity (Wildman–Crippen MR) is 134 cm³/mol. The van der Waals surface area contributed by atoms with E-state index in [2.05, 4.69) is 15.2 Å². The number of rotatable bonds is 8. The number of hydrogen-bond acceptors (Lipinski definition) is 6. The summed E-state index contributed by atoms with van der Waals surface area (Å²) >= 11 is 0. The van der Waals surface area contributed by atoms with Crippen LogP contribution in [-0.4, -0.2) is 68.2 Å². The lowest BCUT2D eigenvalue weighted by molar-refractivity contribution is -0.137. The number of benzene rings is 2. The molecular weight excluding hydrogens is 489 g/mol. The van der Waals surface area contributed by atoms with Crippen molar-refractivity contribution >= 4 is 34.2 Å². The van der Waals surface area contributed by atoms with E-state index in [1.165, 1.54) is 19.2 Å². The number of methoxy groups -OCH3 is 1. The Kier molecular flexibility index (Phi) is 7.91. The summed E-state index contributed by atoms with van der Waals surface area (Å²) in [6, 6.07) is 10.6. The Bertz CT molecular complexity index is 1270. The van der Waals surface area contributed by atoms with Crippen molar-refractivity contribution in [3.63, 3.8) is 0 Å². The molecule has 1 aromatic heterocycles. The molecule has 37 heavy (non-hydrogen) atoms. The summed E-state index contributed by atoms with van der Waals surface area (Å²) in [6.45, 7) is 4.70. The van der Waals surface area contributed by atoms with Crippen molar-refractivity contribution in [3.8, 4) is 5.75 Å². The van der Waals surface area contributed by atoms with Crippen LogP contribution in [0.25, 0.3) is 10.9 Å². The molecule has 198 valence electrons. The summed E-state index contributed by atoms with van der Waals surface area (Å²) in [7, 11) is 1.53. The van der Waals surface area contributed by atoms with Gasteiger partial charge >= 0.3 is 12.1 Å². The Morgan fingerprint density at radius 3 is 2.51 bits per heavy atom. The number of H-pyrrole nitrogens is 1. The fraction of sp³-hybridized carbons (Fsp3) is 0.385. The number of ether oxygens (including phenoxy) is 2. The first-order valence-electron chi connectivity index (χ1n) is 12.0. The molecule has 11 heteroatoms. The molecule has 0 atom stereocenters. The van der Waals surface area contributed by atoms with Gasteiger partial charge in [-0.1, -0.05) is 6.07 Å². The van der Waals surface area contributed by atoms with Gasteiger partial charge in [-0.3, -0.25) is 9.69 Å². The molecule has 1 aliphatic heterocycles. The standard InChI is InChI=1S/C26H29F3N4O4/c1-3-37-25(35)24-23(20-16-19(36-2)7-8-21(20)30-24)31-22(34)9-10-32-11-13-33(14-12-32)18-6-4-5-17(15-18)26(27,28)29/h4-8,15-16,30H,3,9-14H2,1-2H3,(H,31,34). The number of nitrogens with one attached hydrogen (secondary N) is 2. The van der Waals surface area contributed by atoms with Crippen molar-refractivity contribution in [2.75, 3.05) is 56.7 Å². The van der Waals surface area contributed by atoms with Gasteiger partial charge in [-0.15, -0.1) is 0 Å². The smallest absolute Gasteiger partial charge is 0.416 e. The van der Waals surface area contributed by atoms with Gasteiger partial charge in [0.05, 0.1) is 25.0 Å². The van der Waals surface area contributed by atoms with Crippen LogP contribution in [0.5, 0.6) is 5.75 Å². The molecule has 2 N–H and O–H groups in total. The van der Waals surface area contributed by atoms with Crippen LogP contribution in [0.4, 0.5) is 24.5 Å². The molecule has 0 spiro atoms. The fourth-order valence-corrected chi connectivity index (χ4v) is 4.35. The number of amides is 1. The molecule has 0 unspecified atom stereocenters. The zero-order valence-electron chi connectivity index (χ0n) is 20.7. The molecule has 1 saturated heterocycles. The summed E-state index contributed by atoms with van der Waals surface area (Å²) in [5, 5.41) is 3.48. The van der Waals surface area contributed by atoms with E-state index in [0.29, 0.717) is 60.8 Å². The number of nitrogens with zero attached hydrogens (tertiary/aromatic N) is 2. The van der Waals surface area contributed by atoms with Crippen LogP contribution in [0.2, 0.25) is 0 Å². The van der Waals surface area contributed by atoms with Gasteiger partial charge in [0.2, 0.25) is 5.91 Å². The average molecular weight is 519 g/mol. The van der Waals surface area contributed by atoms with Crippen LogP contribution in [0, 0.1) is 0 Å². The molecule has 0 radical (unpaired) electrons. The predicted octanol–water partition coefficient (Wildman–Crippen LogP) is 4.52. The quantitative estimate of drug-likeness (QED) is 0.427. The lowest BCUT2D eigenvalue weighted by Gasteiger charge is -2.36. The molecule has 1 amide bonds. The number of halogens is 3. The van der Waals surface area contributed by atoms with Crippen molar-refractivity contribution in [3.05, 3.63) is 53.7 Å². The molecule has 3 aromatic rings. The Balaban J connectivity index is 1.37. The fourth-order valence-electron chi connectivity index (χ4n) is 4.35. The minimum absolute atomic E-state index is 0.160. The van der Waals surface area contributed by atoms with E-state index in [1.54, 1.807) is 31.2 Å². The monoisotopic (exact) mass is 518 g/mol. The Morgan fingerprint density at radius 2 is 1.84 bits per heavy atom. The highest BCUT2D eigenvalue weighted by molar-refractivity contribution is 6.11. The number of alkyl halides is 3. The highest BCUT2D eigenvalue weighted by Gasteiger charge is 2.31. The number of anilines is 2. The summed E-state index contributed by atoms with van der Waals surface area (Å²) < 4.78 is 49.5. The van der Waals surface area contributed by atoms with Crippen LogP contribution in [0.15, 0.2) is 42.5 Å². The summed E-state index contributed by atoms with van der Waals surface area (Å²) in [4.78, 5) is 32.4. The number of fused-ring (bicyclic) bond motifs is 1. The van der Waals surface area contributed by atoms with Gasteiger partial charge in [0.25, 0.3) is 0 Å². The SMILES string of the molecule is CCOC(=O)c1[nH]c2ccc(OC)cc2c1NC(=O)CCN1CCN(c2cccc(C(F)(F)F)c2)CC1. The Labute approximate surface area is 212 Å². The largest absolute Gasteiger partial charge is 0.497 e. The van der Waals surface area contributed by atoms with Crippen molar-refractivity contribution in [1.82, 2.24) is 9.88 Å². The maximum absolute atomic E-state index is 13.0. The number of aromatic amines is 1. The second-order valence-corrected chi connectivity index (χ2v) is 8.68. The van der Waals surface area contributed by atoms with Crippen LogP contribution in [0.1, 0.15) is 29.4 Å². The third-order valence-corrected chi connectivity index (χ3v) is 6.32. The highest BCUT2D eigenvalue weighted by atomic mass is 19.4. The molecule has 1 aliphatic rings. The number of carbonyl (C=O) groups excluding carboxylic acids is 2. The maximum atomic E-state index is 13.0. The van der Waals surface area contributed by atoms with Gasteiger partial charge in [0.1, 0.15) is 11.4 Å². The van der Waals surface area contributed by atoms with E-state index >= 15 is 0 Å². The minimum Gasteiger partial charge on any atom is -0.497 e. The van der Waals surface area contributed by atoms with Gasteiger partial charge in [-0.25, -0.2) is 4.79 Å². The normalized spacial score (nSPS) is 14.6. The average Bonchev–Trinajstić information content (AvgIpc) is 3.25. The second-order valence-electron chi connectivity index (χ2n) is 8.68. The molecule has 0 saturated carbocycles. The maximum Gasteiger partial charge on any atom is 0.416 e. The Hall–Kier alpha value is -3.73. The van der Waals surface area contributed by atoms with E-state index < -0.39 is 17.7 Å². The lowest BCUT2D eigenvalue weighted by Crippen LogP contribution is -2.47. The third-order valence-electron chi connectivity index (χ3n) is 6.32. The summed E-state index contributed by atoms with van der Waals surface area (Å²) in [6.07, 6.45) is -4.20. The third kappa shape index (κ3) is 6.16. The van der Waals surface area contributed by atoms with E-state index in [-0.39, 0.29) is 24.6 Å². The zero-order valence-corrected chi connectivity index (χ0v) is 20.7. The summed E-state index contributed by atoms with van der Waals surface area (Å²) in [5.74, 6) is -0.260. The highest BCUT2D eigenvalue weighted by Crippen LogP contribution is 2.33. The van der Waals surface area contributed by atoms with Gasteiger partial charge in [0, 0.05) is 55.7 Å². The molecule has 2 aromatic carbocycles. The van der Waals surface area contributed by atoms with Crippen molar-refractivity contribution in [1.29, 1.82) is 0 Å². The number of carbonyl (C=O) groups is 2. The van der Waals surface area contributed by atoms with E-state index in [9.17, 15) is 22.8 Å². The minimum atomic E-state index is -4.38. The number of hydrogen-bond donors (Lipinski definition) is 2. The van der Waals surface area contributed by atoms with Crippen LogP contribution < -0.4 is 15.0 Å². The van der Waals surface area contributed by atoms with Crippen LogP contribution in [-0.2, 0) is 15.7 Å². The van der Waals surface area contributed by atoms with Gasteiger partial charge < -0.3 is 24.7 Å². The second kappa shape index (κ2) is 11.1. The number of aromatic nitrogens is 1. The van der Waals surface area contributed by atoms with Gasteiger partial charge in [-0.05, 0) is 43.3 Å². The Morgan fingerprint density at radius 1 is 1.08 bits per heavy atom. The summed E-state index contributed by atoms with van der Waals surface area (Å²) in [5.41, 5.74) is 1.03. The van der Waals surface area contributed by atoms with Crippen LogP contribution >= 0.6 is 0 Å². The molecule has 2 heterocycles. The molecular formula is C26H29F3N4O4. The number of esters is 1. The first kappa shape index (κ1) is 26.3.